The molecule has 4 heterocycles. The average molecular weight is 965 g/mol. The van der Waals surface area contributed by atoms with E-state index in [9.17, 15) is 0 Å². The molecule has 0 fully saturated rings. The Hall–Kier alpha value is -9.77. The summed E-state index contributed by atoms with van der Waals surface area (Å²) in [6.45, 7) is -0.257. The van der Waals surface area contributed by atoms with E-state index in [0.717, 1.165) is 90.1 Å². The predicted molar refractivity (Wildman–Crippen MR) is 319 cm³/mol. The first-order valence-electron chi connectivity index (χ1n) is 26.3. The van der Waals surface area contributed by atoms with Gasteiger partial charge in [0.25, 0.3) is 13.4 Å². The lowest BCUT2D eigenvalue weighted by molar-refractivity contribution is 0.466. The minimum atomic E-state index is -0.129. The molecule has 76 heavy (non-hydrogen) atoms. The lowest BCUT2D eigenvalue weighted by Crippen LogP contribution is -2.63. The summed E-state index contributed by atoms with van der Waals surface area (Å²) in [6.07, 6.45) is 0. The van der Waals surface area contributed by atoms with Crippen molar-refractivity contribution in [3.8, 4) is 45.3 Å². The molecule has 0 saturated heterocycles. The minimum Gasteiger partial charge on any atom is -0.458 e. The van der Waals surface area contributed by atoms with Gasteiger partial charge in [0, 0.05) is 40.2 Å². The molecule has 0 atom stereocenters. The number of anilines is 6. The van der Waals surface area contributed by atoms with Crippen molar-refractivity contribution >= 4 is 123 Å². The molecule has 6 heteroatoms. The highest BCUT2D eigenvalue weighted by atomic mass is 16.5. The van der Waals surface area contributed by atoms with E-state index in [1.165, 1.54) is 65.1 Å². The van der Waals surface area contributed by atoms with E-state index in [-0.39, 0.29) is 13.4 Å². The molecule has 350 valence electrons. The van der Waals surface area contributed by atoms with E-state index in [0.29, 0.717) is 0 Å². The Morgan fingerprint density at radius 3 is 1.03 bits per heavy atom. The maximum absolute atomic E-state index is 7.49. The quantitative estimate of drug-likeness (QED) is 0.130. The van der Waals surface area contributed by atoms with Crippen LogP contribution in [-0.2, 0) is 0 Å². The third-order valence-corrected chi connectivity index (χ3v) is 16.6. The molecule has 4 nitrogen and oxygen atoms in total. The first kappa shape index (κ1) is 41.7. The van der Waals surface area contributed by atoms with Crippen molar-refractivity contribution in [1.29, 1.82) is 0 Å². The van der Waals surface area contributed by atoms with Crippen LogP contribution in [0.2, 0.25) is 0 Å². The van der Waals surface area contributed by atoms with E-state index in [2.05, 4.69) is 265 Å². The minimum absolute atomic E-state index is 0.129. The molecule has 13 aromatic rings. The lowest BCUT2D eigenvalue weighted by Gasteiger charge is -2.42. The lowest BCUT2D eigenvalue weighted by atomic mass is 9.31. The molecule has 0 aromatic heterocycles. The van der Waals surface area contributed by atoms with Crippen molar-refractivity contribution < 1.29 is 9.47 Å². The van der Waals surface area contributed by atoms with Crippen LogP contribution >= 0.6 is 0 Å². The Morgan fingerprint density at radius 1 is 0.263 bits per heavy atom. The van der Waals surface area contributed by atoms with Gasteiger partial charge in [0.2, 0.25) is 0 Å². The molecule has 13 aromatic carbocycles. The second-order valence-electron chi connectivity index (χ2n) is 20.7. The van der Waals surface area contributed by atoms with Gasteiger partial charge in [-0.25, -0.2) is 0 Å². The average Bonchev–Trinajstić information content (AvgIpc) is 3.50. The number of rotatable bonds is 4. The molecule has 0 amide bonds. The van der Waals surface area contributed by atoms with Crippen LogP contribution in [0.1, 0.15) is 0 Å². The summed E-state index contributed by atoms with van der Waals surface area (Å²) in [5.74, 6) is 3.31. The fourth-order valence-electron chi connectivity index (χ4n) is 13.5. The molecule has 4 aliphatic heterocycles. The molecule has 0 bridgehead atoms. The Balaban J connectivity index is 0.926. The van der Waals surface area contributed by atoms with Crippen LogP contribution in [0, 0.1) is 0 Å². The molecule has 4 aliphatic rings. The van der Waals surface area contributed by atoms with Crippen LogP contribution in [0.15, 0.2) is 255 Å². The molecule has 0 radical (unpaired) electrons. The summed E-state index contributed by atoms with van der Waals surface area (Å²) in [5, 5.41) is 9.65. The molecular weight excluding hydrogens is 922 g/mol. The molecular formula is C70H42B2N2O2. The highest BCUT2D eigenvalue weighted by molar-refractivity contribution is 7.02. The maximum atomic E-state index is 7.49. The summed E-state index contributed by atoms with van der Waals surface area (Å²) in [7, 11) is 0. The Labute approximate surface area is 440 Å². The third kappa shape index (κ3) is 5.92. The smallest absolute Gasteiger partial charge is 0.256 e. The molecule has 0 N–H and O–H groups in total. The van der Waals surface area contributed by atoms with Crippen molar-refractivity contribution in [3.63, 3.8) is 0 Å². The topological polar surface area (TPSA) is 24.9 Å². The van der Waals surface area contributed by atoms with Crippen molar-refractivity contribution in [2.45, 2.75) is 0 Å². The van der Waals surface area contributed by atoms with E-state index >= 15 is 0 Å². The molecule has 17 rings (SSSR count). The van der Waals surface area contributed by atoms with Gasteiger partial charge in [0.15, 0.2) is 0 Å². The van der Waals surface area contributed by atoms with Gasteiger partial charge in [-0.05, 0) is 171 Å². The first-order chi connectivity index (χ1) is 37.7. The molecule has 0 aliphatic carbocycles. The summed E-state index contributed by atoms with van der Waals surface area (Å²) in [5.41, 5.74) is 18.4. The van der Waals surface area contributed by atoms with E-state index < -0.39 is 0 Å². The third-order valence-electron chi connectivity index (χ3n) is 16.6. The summed E-state index contributed by atoms with van der Waals surface area (Å²) >= 11 is 0. The zero-order valence-electron chi connectivity index (χ0n) is 41.1. The fraction of sp³-hybridized carbons (Fsp3) is 0. The van der Waals surface area contributed by atoms with Crippen LogP contribution < -0.4 is 52.1 Å². The van der Waals surface area contributed by atoms with Gasteiger partial charge in [-0.3, -0.25) is 0 Å². The molecule has 0 unspecified atom stereocenters. The summed E-state index contributed by atoms with van der Waals surface area (Å²) in [4.78, 5) is 4.90. The second kappa shape index (κ2) is 15.9. The number of para-hydroxylation sites is 4. The predicted octanol–water partition coefficient (Wildman–Crippen LogP) is 14.4. The molecule has 0 spiro atoms. The van der Waals surface area contributed by atoms with Gasteiger partial charge in [0.1, 0.15) is 23.0 Å². The SMILES string of the molecule is c1ccc(N2c3ccccc3B3c4cc5c(cc4Oc4cc(-c6c7ccccc7cc7ccccc67)cc2c43)Oc2cc(-c3c4ccccc4cc4ccccc34)cc3c2B5c2ccccc2N3c2ccccc2)cc1. The number of hydrogen-bond donors (Lipinski definition) is 0. The Morgan fingerprint density at radius 2 is 0.618 bits per heavy atom. The van der Waals surface area contributed by atoms with E-state index in [1.54, 1.807) is 0 Å². The normalized spacial score (nSPS) is 13.4. The van der Waals surface area contributed by atoms with Gasteiger partial charge in [-0.15, -0.1) is 0 Å². The van der Waals surface area contributed by atoms with Gasteiger partial charge in [-0.1, -0.05) is 176 Å². The van der Waals surface area contributed by atoms with Crippen LogP contribution in [0.25, 0.3) is 65.3 Å². The van der Waals surface area contributed by atoms with Gasteiger partial charge < -0.3 is 19.3 Å². The molecule has 0 saturated carbocycles. The van der Waals surface area contributed by atoms with Gasteiger partial charge in [-0.2, -0.15) is 0 Å². The fourth-order valence-corrected chi connectivity index (χ4v) is 13.5. The summed E-state index contributed by atoms with van der Waals surface area (Å²) < 4.78 is 15.0. The highest BCUT2D eigenvalue weighted by Gasteiger charge is 2.47. The number of nitrogens with zero attached hydrogens (tertiary/aromatic N) is 2. The number of ether oxygens (including phenoxy) is 2. The van der Waals surface area contributed by atoms with Crippen molar-refractivity contribution in [2.24, 2.45) is 0 Å². The van der Waals surface area contributed by atoms with Crippen LogP contribution in [0.3, 0.4) is 0 Å². The van der Waals surface area contributed by atoms with Crippen molar-refractivity contribution in [1.82, 2.24) is 0 Å². The van der Waals surface area contributed by atoms with Crippen LogP contribution in [0.5, 0.6) is 23.0 Å². The van der Waals surface area contributed by atoms with E-state index in [1.807, 2.05) is 0 Å². The zero-order chi connectivity index (χ0) is 49.6. The largest absolute Gasteiger partial charge is 0.458 e. The maximum Gasteiger partial charge on any atom is 0.256 e. The Bertz CT molecular complexity index is 4240. The number of fused-ring (bicyclic) bond motifs is 12. The van der Waals surface area contributed by atoms with Gasteiger partial charge >= 0.3 is 0 Å². The van der Waals surface area contributed by atoms with Crippen LogP contribution in [-0.4, -0.2) is 13.4 Å². The second-order valence-corrected chi connectivity index (χ2v) is 20.7. The monoisotopic (exact) mass is 964 g/mol. The Kier molecular flexibility index (Phi) is 8.70. The summed E-state index contributed by atoms with van der Waals surface area (Å²) in [6, 6.07) is 93.4. The highest BCUT2D eigenvalue weighted by Crippen LogP contribution is 2.49. The van der Waals surface area contributed by atoms with Crippen molar-refractivity contribution in [2.75, 3.05) is 9.80 Å². The number of hydrogen-bond acceptors (Lipinski definition) is 4. The first-order valence-corrected chi connectivity index (χ1v) is 26.3. The number of benzene rings is 13. The standard InChI is InChI=1S/C70H42B2N2O2/c1-3-23-49(24-4-1)73-59-33-17-15-31-55(59)71-57-41-58-64(42-63(57)75-65-39-47(37-61(73)69(65)71)67-51-27-11-7-19-43(51)35-44-20-8-12-28-52(44)67)76-66-40-48(68-53-29-13-9-21-45(53)36-46-22-10-14-30-54(46)68)38-62-70(66)72(58)56-32-16-18-34-60(56)74(62)50-25-5-2-6-26-50/h1-42H. The van der Waals surface area contributed by atoms with E-state index in [4.69, 9.17) is 9.47 Å². The van der Waals surface area contributed by atoms with Crippen LogP contribution in [0.4, 0.5) is 34.1 Å². The van der Waals surface area contributed by atoms with Crippen molar-refractivity contribution in [3.05, 3.63) is 255 Å². The van der Waals surface area contributed by atoms with Gasteiger partial charge in [0.05, 0.1) is 0 Å². The zero-order valence-corrected chi connectivity index (χ0v) is 41.1.